The minimum absolute atomic E-state index is 0.107. The number of carbonyl (C=O) groups excluding carboxylic acids is 3. The van der Waals surface area contributed by atoms with E-state index in [9.17, 15) is 19.2 Å². The fourth-order valence-electron chi connectivity index (χ4n) is 4.13. The average Bonchev–Trinajstić information content (AvgIpc) is 3.17. The smallest absolute Gasteiger partial charge is 0.323 e. The largest absolute Gasteiger partial charge is 0.325 e. The molecular formula is C25H27N5O4. The van der Waals surface area contributed by atoms with Crippen LogP contribution in [-0.2, 0) is 23.1 Å². The molecule has 1 aliphatic rings. The van der Waals surface area contributed by atoms with E-state index in [0.29, 0.717) is 24.2 Å². The van der Waals surface area contributed by atoms with E-state index in [1.54, 1.807) is 37.7 Å². The van der Waals surface area contributed by atoms with Crippen LogP contribution in [0.15, 0.2) is 65.5 Å². The van der Waals surface area contributed by atoms with Gasteiger partial charge in [-0.3, -0.25) is 24.0 Å². The lowest BCUT2D eigenvalue weighted by atomic mass is 9.93. The van der Waals surface area contributed by atoms with Crippen molar-refractivity contribution >= 4 is 23.5 Å². The van der Waals surface area contributed by atoms with Crippen molar-refractivity contribution in [3.05, 3.63) is 82.3 Å². The Kier molecular flexibility index (Phi) is 6.10. The minimum Gasteiger partial charge on any atom is -0.323 e. The predicted octanol–water partition coefficient (Wildman–Crippen LogP) is 2.37. The summed E-state index contributed by atoms with van der Waals surface area (Å²) in [6.07, 6.45) is 1.00. The molecule has 0 aliphatic carbocycles. The molecule has 1 aliphatic heterocycles. The first-order chi connectivity index (χ1) is 16.2. The van der Waals surface area contributed by atoms with Gasteiger partial charge in [0.1, 0.15) is 17.8 Å². The van der Waals surface area contributed by atoms with E-state index in [-0.39, 0.29) is 5.69 Å². The third kappa shape index (κ3) is 4.24. The molecule has 2 aromatic carbocycles. The molecule has 1 aromatic heterocycles. The Hall–Kier alpha value is -4.14. The van der Waals surface area contributed by atoms with Gasteiger partial charge in [-0.2, -0.15) is 0 Å². The van der Waals surface area contributed by atoms with Gasteiger partial charge in [-0.05, 0) is 44.4 Å². The lowest BCUT2D eigenvalue weighted by Crippen LogP contribution is -2.45. The van der Waals surface area contributed by atoms with Crippen LogP contribution in [0.2, 0.25) is 0 Å². The Morgan fingerprint density at radius 3 is 2.26 bits per heavy atom. The SMILES string of the molecule is Cc1c(NC(=O)CN2C(=O)N[C@](C)(CCc3ccccc3)C2=O)c(=O)n(-c2ccccc2)n1C. The van der Waals surface area contributed by atoms with Crippen molar-refractivity contribution in [2.24, 2.45) is 7.05 Å². The quantitative estimate of drug-likeness (QED) is 0.527. The predicted molar refractivity (Wildman–Crippen MR) is 128 cm³/mol. The Labute approximate surface area is 197 Å². The Morgan fingerprint density at radius 2 is 1.62 bits per heavy atom. The topological polar surface area (TPSA) is 105 Å². The molecule has 3 aromatic rings. The number of aromatic nitrogens is 2. The normalized spacial score (nSPS) is 17.7. The average molecular weight is 462 g/mol. The van der Waals surface area contributed by atoms with Crippen LogP contribution in [0.1, 0.15) is 24.6 Å². The molecule has 34 heavy (non-hydrogen) atoms. The molecule has 2 heterocycles. The molecular weight excluding hydrogens is 434 g/mol. The zero-order valence-corrected chi connectivity index (χ0v) is 19.4. The van der Waals surface area contributed by atoms with Crippen LogP contribution in [0.25, 0.3) is 5.69 Å². The number of rotatable bonds is 7. The summed E-state index contributed by atoms with van der Waals surface area (Å²) in [5, 5.41) is 5.31. The summed E-state index contributed by atoms with van der Waals surface area (Å²) >= 11 is 0. The number of imide groups is 1. The van der Waals surface area contributed by atoms with Gasteiger partial charge in [0.05, 0.1) is 11.4 Å². The van der Waals surface area contributed by atoms with Crippen LogP contribution < -0.4 is 16.2 Å². The number of amides is 4. The molecule has 4 rings (SSSR count). The van der Waals surface area contributed by atoms with Crippen LogP contribution in [0.5, 0.6) is 0 Å². The summed E-state index contributed by atoms with van der Waals surface area (Å²) in [5.41, 5.74) is 0.862. The molecule has 0 radical (unpaired) electrons. The molecule has 0 spiro atoms. The summed E-state index contributed by atoms with van der Waals surface area (Å²) < 4.78 is 3.08. The molecule has 176 valence electrons. The molecule has 9 nitrogen and oxygen atoms in total. The van der Waals surface area contributed by atoms with Crippen molar-refractivity contribution in [2.45, 2.75) is 32.2 Å². The highest BCUT2D eigenvalue weighted by molar-refractivity contribution is 6.10. The third-order valence-electron chi connectivity index (χ3n) is 6.22. The van der Waals surface area contributed by atoms with Crippen molar-refractivity contribution in [2.75, 3.05) is 11.9 Å². The van der Waals surface area contributed by atoms with E-state index < -0.39 is 35.5 Å². The first-order valence-corrected chi connectivity index (χ1v) is 11.0. The van der Waals surface area contributed by atoms with Crippen molar-refractivity contribution < 1.29 is 14.4 Å². The van der Waals surface area contributed by atoms with Gasteiger partial charge in [0.15, 0.2) is 0 Å². The molecule has 1 saturated heterocycles. The fourth-order valence-corrected chi connectivity index (χ4v) is 4.13. The van der Waals surface area contributed by atoms with E-state index in [2.05, 4.69) is 10.6 Å². The number of benzene rings is 2. The molecule has 1 atom stereocenters. The van der Waals surface area contributed by atoms with Crippen LogP contribution in [0, 0.1) is 6.92 Å². The van der Waals surface area contributed by atoms with Crippen LogP contribution in [-0.4, -0.2) is 44.2 Å². The van der Waals surface area contributed by atoms with Gasteiger partial charge in [0.2, 0.25) is 5.91 Å². The van der Waals surface area contributed by atoms with Gasteiger partial charge in [0.25, 0.3) is 11.5 Å². The lowest BCUT2D eigenvalue weighted by Gasteiger charge is -2.21. The monoisotopic (exact) mass is 461 g/mol. The maximum Gasteiger partial charge on any atom is 0.325 e. The minimum atomic E-state index is -1.10. The van der Waals surface area contributed by atoms with E-state index >= 15 is 0 Å². The Balaban J connectivity index is 1.47. The summed E-state index contributed by atoms with van der Waals surface area (Å²) in [6, 6.07) is 18.1. The van der Waals surface area contributed by atoms with Gasteiger partial charge < -0.3 is 10.6 Å². The second kappa shape index (κ2) is 9.01. The lowest BCUT2D eigenvalue weighted by molar-refractivity contribution is -0.133. The summed E-state index contributed by atoms with van der Waals surface area (Å²) in [6.45, 7) is 2.89. The number of aryl methyl sites for hydroxylation is 1. The first-order valence-electron chi connectivity index (χ1n) is 11.0. The molecule has 1 fully saturated rings. The molecule has 0 bridgehead atoms. The van der Waals surface area contributed by atoms with Crippen molar-refractivity contribution in [3.63, 3.8) is 0 Å². The van der Waals surface area contributed by atoms with Gasteiger partial charge in [-0.25, -0.2) is 9.48 Å². The summed E-state index contributed by atoms with van der Waals surface area (Å²) in [5.74, 6) is -1.09. The molecule has 2 N–H and O–H groups in total. The van der Waals surface area contributed by atoms with Gasteiger partial charge >= 0.3 is 6.03 Å². The Bertz CT molecular complexity index is 1300. The second-order valence-electron chi connectivity index (χ2n) is 8.62. The summed E-state index contributed by atoms with van der Waals surface area (Å²) in [7, 11) is 1.72. The van der Waals surface area contributed by atoms with E-state index in [0.717, 1.165) is 10.5 Å². The molecule has 4 amide bonds. The summed E-state index contributed by atoms with van der Waals surface area (Å²) in [4.78, 5) is 52.2. The van der Waals surface area contributed by atoms with Gasteiger partial charge in [-0.1, -0.05) is 48.5 Å². The second-order valence-corrected chi connectivity index (χ2v) is 8.62. The number of para-hydroxylation sites is 1. The number of carbonyl (C=O) groups is 3. The number of hydrogen-bond donors (Lipinski definition) is 2. The number of hydrogen-bond acceptors (Lipinski definition) is 4. The zero-order chi connectivity index (χ0) is 24.5. The van der Waals surface area contributed by atoms with Crippen LogP contribution in [0.3, 0.4) is 0 Å². The highest BCUT2D eigenvalue weighted by Gasteiger charge is 2.47. The van der Waals surface area contributed by atoms with Crippen molar-refractivity contribution in [1.82, 2.24) is 19.6 Å². The zero-order valence-electron chi connectivity index (χ0n) is 19.4. The van der Waals surface area contributed by atoms with Crippen LogP contribution >= 0.6 is 0 Å². The number of anilines is 1. The van der Waals surface area contributed by atoms with Crippen molar-refractivity contribution in [3.8, 4) is 5.69 Å². The first kappa shape index (κ1) is 23.0. The molecule has 0 unspecified atom stereocenters. The maximum absolute atomic E-state index is 13.0. The van der Waals surface area contributed by atoms with Crippen LogP contribution in [0.4, 0.5) is 10.5 Å². The fraction of sp³-hybridized carbons (Fsp3) is 0.280. The van der Waals surface area contributed by atoms with Gasteiger partial charge in [-0.15, -0.1) is 0 Å². The highest BCUT2D eigenvalue weighted by atomic mass is 16.2. The Morgan fingerprint density at radius 1 is 1.00 bits per heavy atom. The van der Waals surface area contributed by atoms with Gasteiger partial charge in [0, 0.05) is 7.05 Å². The van der Waals surface area contributed by atoms with E-state index in [4.69, 9.17) is 0 Å². The van der Waals surface area contributed by atoms with E-state index in [1.165, 1.54) is 4.68 Å². The number of urea groups is 1. The van der Waals surface area contributed by atoms with E-state index in [1.807, 2.05) is 48.5 Å². The standard InChI is InChI=1S/C25H27N5O4/c1-17-21(22(32)30(28(17)3)19-12-8-5-9-13-19)26-20(31)16-29-23(33)25(2,27-24(29)34)15-14-18-10-6-4-7-11-18/h4-13H,14-16H2,1-3H3,(H,26,31)(H,27,34)/t25-/m1/s1. The van der Waals surface area contributed by atoms with Crippen molar-refractivity contribution in [1.29, 1.82) is 0 Å². The molecule has 0 saturated carbocycles. The maximum atomic E-state index is 13.0. The number of nitrogens with zero attached hydrogens (tertiary/aromatic N) is 3. The number of nitrogens with one attached hydrogen (secondary N) is 2. The highest BCUT2D eigenvalue weighted by Crippen LogP contribution is 2.23. The molecule has 9 heteroatoms. The third-order valence-corrected chi connectivity index (χ3v) is 6.22.